The standard InChI is InChI=1S/C31H40ClN3O4/c1-10-21(6)35(29(37)25(19(3)4)34-30(38)39-31(7,8)9)27(23-17-15-22(11-2)16-18-23)28(36)33-26-20(5)13-12-14-24(26)32/h2,12-19,21,25,27H,10H2,1,3-9H3,(H,33,36)(H,34,38). The average molecular weight is 554 g/mol. The van der Waals surface area contributed by atoms with E-state index in [1.165, 1.54) is 4.90 Å². The van der Waals surface area contributed by atoms with Crippen LogP contribution < -0.4 is 10.6 Å². The van der Waals surface area contributed by atoms with Crippen LogP contribution in [-0.4, -0.2) is 40.5 Å². The zero-order chi connectivity index (χ0) is 29.5. The number of para-hydroxylation sites is 1. The molecule has 2 aromatic carbocycles. The van der Waals surface area contributed by atoms with Crippen LogP contribution in [0.1, 0.15) is 77.6 Å². The molecule has 0 fully saturated rings. The van der Waals surface area contributed by atoms with Crippen molar-refractivity contribution in [3.8, 4) is 12.3 Å². The number of anilines is 1. The Labute approximate surface area is 237 Å². The number of hydrogen-bond acceptors (Lipinski definition) is 4. The Morgan fingerprint density at radius 1 is 1.08 bits per heavy atom. The predicted molar refractivity (Wildman–Crippen MR) is 157 cm³/mol. The summed E-state index contributed by atoms with van der Waals surface area (Å²) < 4.78 is 5.43. The molecule has 0 aliphatic heterocycles. The van der Waals surface area contributed by atoms with Crippen LogP contribution in [0.5, 0.6) is 0 Å². The van der Waals surface area contributed by atoms with E-state index in [-0.39, 0.29) is 12.0 Å². The predicted octanol–water partition coefficient (Wildman–Crippen LogP) is 6.49. The van der Waals surface area contributed by atoms with E-state index in [1.807, 2.05) is 40.7 Å². The highest BCUT2D eigenvalue weighted by molar-refractivity contribution is 6.34. The monoisotopic (exact) mass is 553 g/mol. The molecule has 0 saturated carbocycles. The molecule has 0 aromatic heterocycles. The number of alkyl carbamates (subject to hydrolysis) is 1. The highest BCUT2D eigenvalue weighted by atomic mass is 35.5. The van der Waals surface area contributed by atoms with Crippen molar-refractivity contribution in [1.29, 1.82) is 0 Å². The van der Waals surface area contributed by atoms with Crippen molar-refractivity contribution in [2.45, 2.75) is 85.5 Å². The Balaban J connectivity index is 2.62. The number of nitrogens with one attached hydrogen (secondary N) is 2. The second-order valence-corrected chi connectivity index (χ2v) is 11.4. The van der Waals surface area contributed by atoms with Crippen LogP contribution in [0.2, 0.25) is 5.02 Å². The molecule has 0 radical (unpaired) electrons. The van der Waals surface area contributed by atoms with Gasteiger partial charge in [-0.25, -0.2) is 4.79 Å². The van der Waals surface area contributed by atoms with E-state index in [2.05, 4.69) is 16.6 Å². The van der Waals surface area contributed by atoms with Crippen LogP contribution in [0.25, 0.3) is 0 Å². The minimum absolute atomic E-state index is 0.282. The lowest BCUT2D eigenvalue weighted by molar-refractivity contribution is -0.144. The molecule has 3 unspecified atom stereocenters. The summed E-state index contributed by atoms with van der Waals surface area (Å²) in [5.41, 5.74) is 1.74. The first kappa shape index (κ1) is 31.7. The third kappa shape index (κ3) is 8.49. The Kier molecular flexibility index (Phi) is 11.0. The van der Waals surface area contributed by atoms with Gasteiger partial charge >= 0.3 is 6.09 Å². The number of terminal acetylenes is 1. The summed E-state index contributed by atoms with van der Waals surface area (Å²) in [5, 5.41) is 6.06. The zero-order valence-corrected chi connectivity index (χ0v) is 24.8. The molecule has 3 amide bonds. The van der Waals surface area contributed by atoms with E-state index >= 15 is 0 Å². The lowest BCUT2D eigenvalue weighted by Crippen LogP contribution is -2.56. The van der Waals surface area contributed by atoms with Crippen LogP contribution in [0.15, 0.2) is 42.5 Å². The lowest BCUT2D eigenvalue weighted by Gasteiger charge is -2.39. The van der Waals surface area contributed by atoms with Gasteiger partial charge in [0.25, 0.3) is 5.91 Å². The second kappa shape index (κ2) is 13.5. The number of aryl methyl sites for hydroxylation is 1. The second-order valence-electron chi connectivity index (χ2n) is 11.0. The summed E-state index contributed by atoms with van der Waals surface area (Å²) in [5.74, 6) is 1.46. The molecule has 7 nitrogen and oxygen atoms in total. The number of rotatable bonds is 9. The number of amides is 3. The third-order valence-corrected chi connectivity index (χ3v) is 6.63. The van der Waals surface area contributed by atoms with Crippen LogP contribution >= 0.6 is 11.6 Å². The van der Waals surface area contributed by atoms with Gasteiger partial charge in [-0.15, -0.1) is 6.42 Å². The minimum Gasteiger partial charge on any atom is -0.444 e. The number of carbonyl (C=O) groups excluding carboxylic acids is 3. The van der Waals surface area contributed by atoms with E-state index in [0.717, 1.165) is 5.56 Å². The van der Waals surface area contributed by atoms with Gasteiger partial charge in [0.2, 0.25) is 5.91 Å². The number of ether oxygens (including phenoxy) is 1. The SMILES string of the molecule is C#Cc1ccc(C(C(=O)Nc2c(C)cccc2Cl)N(C(=O)C(NC(=O)OC(C)(C)C)C(C)C)C(C)CC)cc1. The van der Waals surface area contributed by atoms with Crippen molar-refractivity contribution in [3.05, 3.63) is 64.2 Å². The number of carbonyl (C=O) groups is 3. The summed E-state index contributed by atoms with van der Waals surface area (Å²) in [4.78, 5) is 42.5. The molecule has 2 aromatic rings. The van der Waals surface area contributed by atoms with Gasteiger partial charge in [0.1, 0.15) is 17.7 Å². The fourth-order valence-electron chi connectivity index (χ4n) is 4.09. The molecule has 39 heavy (non-hydrogen) atoms. The molecule has 0 spiro atoms. The molecule has 210 valence electrons. The maximum Gasteiger partial charge on any atom is 0.408 e. The highest BCUT2D eigenvalue weighted by Gasteiger charge is 2.39. The van der Waals surface area contributed by atoms with Crippen LogP contribution in [0.4, 0.5) is 10.5 Å². The Morgan fingerprint density at radius 2 is 1.69 bits per heavy atom. The molecular weight excluding hydrogens is 514 g/mol. The Morgan fingerprint density at radius 3 is 2.18 bits per heavy atom. The first-order valence-electron chi connectivity index (χ1n) is 13.1. The summed E-state index contributed by atoms with van der Waals surface area (Å²) in [6.07, 6.45) is 5.42. The first-order valence-corrected chi connectivity index (χ1v) is 13.5. The first-order chi connectivity index (χ1) is 18.2. The van der Waals surface area contributed by atoms with Crippen molar-refractivity contribution in [3.63, 3.8) is 0 Å². The molecule has 0 heterocycles. The molecule has 3 atom stereocenters. The minimum atomic E-state index is -1.03. The Hall–Kier alpha value is -3.50. The summed E-state index contributed by atoms with van der Waals surface area (Å²) >= 11 is 6.42. The summed E-state index contributed by atoms with van der Waals surface area (Å²) in [7, 11) is 0. The quantitative estimate of drug-likeness (QED) is 0.348. The number of nitrogens with zero attached hydrogens (tertiary/aromatic N) is 1. The topological polar surface area (TPSA) is 87.7 Å². The van der Waals surface area contributed by atoms with E-state index in [1.54, 1.807) is 57.2 Å². The van der Waals surface area contributed by atoms with Crippen molar-refractivity contribution < 1.29 is 19.1 Å². The zero-order valence-electron chi connectivity index (χ0n) is 24.1. The number of halogens is 1. The molecule has 2 rings (SSSR count). The molecule has 0 aliphatic carbocycles. The summed E-state index contributed by atoms with van der Waals surface area (Å²) in [6.45, 7) is 14.6. The van der Waals surface area contributed by atoms with Crippen LogP contribution in [0, 0.1) is 25.2 Å². The van der Waals surface area contributed by atoms with Crippen LogP contribution in [0.3, 0.4) is 0 Å². The van der Waals surface area contributed by atoms with Gasteiger partial charge in [-0.2, -0.15) is 0 Å². The van der Waals surface area contributed by atoms with E-state index in [4.69, 9.17) is 22.8 Å². The van der Waals surface area contributed by atoms with Gasteiger partial charge in [0.15, 0.2) is 0 Å². The largest absolute Gasteiger partial charge is 0.444 e. The molecule has 0 aliphatic rings. The maximum atomic E-state index is 14.2. The molecule has 0 bridgehead atoms. The number of hydrogen-bond donors (Lipinski definition) is 2. The molecule has 0 saturated heterocycles. The fraction of sp³-hybridized carbons (Fsp3) is 0.452. The van der Waals surface area contributed by atoms with Gasteiger partial charge in [-0.05, 0) is 76.3 Å². The normalized spacial score (nSPS) is 13.6. The highest BCUT2D eigenvalue weighted by Crippen LogP contribution is 2.31. The maximum absolute atomic E-state index is 14.2. The van der Waals surface area contributed by atoms with Crippen molar-refractivity contribution in [2.24, 2.45) is 5.92 Å². The van der Waals surface area contributed by atoms with Crippen molar-refractivity contribution >= 4 is 35.2 Å². The molecule has 8 heteroatoms. The van der Waals surface area contributed by atoms with Gasteiger partial charge in [-0.1, -0.05) is 62.6 Å². The van der Waals surface area contributed by atoms with Gasteiger partial charge in [0.05, 0.1) is 10.7 Å². The number of benzene rings is 2. The van der Waals surface area contributed by atoms with Gasteiger partial charge < -0.3 is 20.3 Å². The van der Waals surface area contributed by atoms with Gasteiger partial charge in [-0.3, -0.25) is 9.59 Å². The van der Waals surface area contributed by atoms with E-state index in [9.17, 15) is 14.4 Å². The smallest absolute Gasteiger partial charge is 0.408 e. The Bertz CT molecular complexity index is 1190. The summed E-state index contributed by atoms with van der Waals surface area (Å²) in [6, 6.07) is 9.97. The van der Waals surface area contributed by atoms with E-state index < -0.39 is 35.6 Å². The molecular formula is C31H40ClN3O4. The van der Waals surface area contributed by atoms with Crippen molar-refractivity contribution in [2.75, 3.05) is 5.32 Å². The van der Waals surface area contributed by atoms with E-state index in [0.29, 0.717) is 28.3 Å². The van der Waals surface area contributed by atoms with Crippen molar-refractivity contribution in [1.82, 2.24) is 10.2 Å². The fourth-order valence-corrected chi connectivity index (χ4v) is 4.36. The van der Waals surface area contributed by atoms with Gasteiger partial charge in [0, 0.05) is 11.6 Å². The molecule has 2 N–H and O–H groups in total. The van der Waals surface area contributed by atoms with Crippen LogP contribution in [-0.2, 0) is 14.3 Å². The lowest BCUT2D eigenvalue weighted by atomic mass is 9.96. The average Bonchev–Trinajstić information content (AvgIpc) is 2.86. The third-order valence-electron chi connectivity index (χ3n) is 6.31.